The molecule has 70 valence electrons. The molecule has 3 unspecified atom stereocenters. The van der Waals surface area contributed by atoms with E-state index in [4.69, 9.17) is 0 Å². The highest BCUT2D eigenvalue weighted by molar-refractivity contribution is 4.93. The maximum atomic E-state index is 3.71. The van der Waals surface area contributed by atoms with Gasteiger partial charge in [0.25, 0.3) is 0 Å². The molecule has 2 fully saturated rings. The molecule has 2 saturated carbocycles. The molecule has 2 bridgehead atoms. The van der Waals surface area contributed by atoms with Crippen LogP contribution in [0.15, 0.2) is 0 Å². The summed E-state index contributed by atoms with van der Waals surface area (Å²) in [5.41, 5.74) is 0. The second-order valence-corrected chi connectivity index (χ2v) is 4.59. The van der Waals surface area contributed by atoms with E-state index >= 15 is 0 Å². The Hall–Kier alpha value is -0.0400. The van der Waals surface area contributed by atoms with Gasteiger partial charge in [0.1, 0.15) is 0 Å². The molecule has 0 aromatic carbocycles. The minimum Gasteiger partial charge on any atom is -0.314 e. The summed E-state index contributed by atoms with van der Waals surface area (Å²) < 4.78 is 0. The molecule has 0 saturated heterocycles. The van der Waals surface area contributed by atoms with Gasteiger partial charge in [-0.1, -0.05) is 19.8 Å². The van der Waals surface area contributed by atoms with E-state index in [1.807, 2.05) is 0 Å². The van der Waals surface area contributed by atoms with Crippen molar-refractivity contribution in [2.45, 2.75) is 51.5 Å². The van der Waals surface area contributed by atoms with Gasteiger partial charge >= 0.3 is 0 Å². The summed E-state index contributed by atoms with van der Waals surface area (Å²) in [5, 5.41) is 3.71. The molecule has 3 atom stereocenters. The molecule has 0 aromatic rings. The van der Waals surface area contributed by atoms with E-state index in [0.717, 1.165) is 17.9 Å². The molecule has 0 spiro atoms. The molecule has 12 heavy (non-hydrogen) atoms. The molecule has 1 nitrogen and oxygen atoms in total. The SMILES string of the molecule is CCCCNC1CC2CCC1C2. The number of nitrogens with one attached hydrogen (secondary N) is 1. The van der Waals surface area contributed by atoms with Crippen molar-refractivity contribution in [3.8, 4) is 0 Å². The highest BCUT2D eigenvalue weighted by Crippen LogP contribution is 2.44. The fourth-order valence-electron chi connectivity index (χ4n) is 2.96. The number of fused-ring (bicyclic) bond motifs is 2. The summed E-state index contributed by atoms with van der Waals surface area (Å²) in [6.45, 7) is 3.52. The Kier molecular flexibility index (Phi) is 2.69. The van der Waals surface area contributed by atoms with E-state index in [2.05, 4.69) is 12.2 Å². The van der Waals surface area contributed by atoms with E-state index in [1.54, 1.807) is 0 Å². The monoisotopic (exact) mass is 167 g/mol. The highest BCUT2D eigenvalue weighted by atomic mass is 14.9. The smallest absolute Gasteiger partial charge is 0.00980 e. The average Bonchev–Trinajstić information content (AvgIpc) is 2.65. The quantitative estimate of drug-likeness (QED) is 0.635. The fourth-order valence-corrected chi connectivity index (χ4v) is 2.96. The van der Waals surface area contributed by atoms with Crippen LogP contribution in [-0.4, -0.2) is 12.6 Å². The molecule has 2 rings (SSSR count). The first kappa shape index (κ1) is 8.55. The Balaban J connectivity index is 1.69. The summed E-state index contributed by atoms with van der Waals surface area (Å²) >= 11 is 0. The van der Waals surface area contributed by atoms with E-state index < -0.39 is 0 Å². The third kappa shape index (κ3) is 1.66. The minimum atomic E-state index is 0.898. The van der Waals surface area contributed by atoms with Crippen molar-refractivity contribution in [1.29, 1.82) is 0 Å². The molecule has 1 heteroatoms. The van der Waals surface area contributed by atoms with Crippen LogP contribution in [-0.2, 0) is 0 Å². The molecular weight excluding hydrogens is 146 g/mol. The molecule has 2 aliphatic carbocycles. The summed E-state index contributed by atoms with van der Waals surface area (Å²) in [7, 11) is 0. The maximum Gasteiger partial charge on any atom is 0.00980 e. The zero-order valence-corrected chi connectivity index (χ0v) is 8.18. The number of unbranched alkanes of at least 4 members (excludes halogenated alkanes) is 1. The zero-order valence-electron chi connectivity index (χ0n) is 8.18. The van der Waals surface area contributed by atoms with Gasteiger partial charge in [-0.05, 0) is 44.1 Å². The van der Waals surface area contributed by atoms with Gasteiger partial charge in [-0.15, -0.1) is 0 Å². The zero-order chi connectivity index (χ0) is 8.39. The first-order chi connectivity index (χ1) is 5.90. The topological polar surface area (TPSA) is 12.0 Å². The molecule has 0 heterocycles. The predicted octanol–water partition coefficient (Wildman–Crippen LogP) is 2.56. The van der Waals surface area contributed by atoms with Crippen molar-refractivity contribution in [3.05, 3.63) is 0 Å². The second-order valence-electron chi connectivity index (χ2n) is 4.59. The molecule has 1 N–H and O–H groups in total. The van der Waals surface area contributed by atoms with E-state index in [0.29, 0.717) is 0 Å². The lowest BCUT2D eigenvalue weighted by atomic mass is 9.95. The van der Waals surface area contributed by atoms with Gasteiger partial charge < -0.3 is 5.32 Å². The second kappa shape index (κ2) is 3.78. The van der Waals surface area contributed by atoms with Gasteiger partial charge in [0, 0.05) is 6.04 Å². The molecule has 0 aromatic heterocycles. The van der Waals surface area contributed by atoms with Crippen LogP contribution >= 0.6 is 0 Å². The number of hydrogen-bond donors (Lipinski definition) is 1. The Morgan fingerprint density at radius 2 is 2.17 bits per heavy atom. The van der Waals surface area contributed by atoms with Crippen LogP contribution in [0.25, 0.3) is 0 Å². The van der Waals surface area contributed by atoms with Crippen LogP contribution in [0.2, 0.25) is 0 Å². The maximum absolute atomic E-state index is 3.71. The van der Waals surface area contributed by atoms with Crippen LogP contribution in [0.4, 0.5) is 0 Å². The van der Waals surface area contributed by atoms with Gasteiger partial charge in [-0.3, -0.25) is 0 Å². The Morgan fingerprint density at radius 3 is 2.75 bits per heavy atom. The molecular formula is C11H21N. The lowest BCUT2D eigenvalue weighted by Gasteiger charge is -2.22. The Bertz CT molecular complexity index is 144. The number of rotatable bonds is 4. The first-order valence-corrected chi connectivity index (χ1v) is 5.63. The van der Waals surface area contributed by atoms with Crippen molar-refractivity contribution in [1.82, 2.24) is 5.32 Å². The van der Waals surface area contributed by atoms with Gasteiger partial charge in [0.2, 0.25) is 0 Å². The van der Waals surface area contributed by atoms with Crippen LogP contribution in [0, 0.1) is 11.8 Å². The van der Waals surface area contributed by atoms with E-state index in [-0.39, 0.29) is 0 Å². The van der Waals surface area contributed by atoms with Crippen LogP contribution in [0.5, 0.6) is 0 Å². The lowest BCUT2D eigenvalue weighted by Crippen LogP contribution is -2.34. The van der Waals surface area contributed by atoms with Gasteiger partial charge in [-0.25, -0.2) is 0 Å². The summed E-state index contributed by atoms with van der Waals surface area (Å²) in [6, 6.07) is 0.898. The Labute approximate surface area is 75.9 Å². The fraction of sp³-hybridized carbons (Fsp3) is 1.00. The van der Waals surface area contributed by atoms with Crippen molar-refractivity contribution < 1.29 is 0 Å². The lowest BCUT2D eigenvalue weighted by molar-refractivity contribution is 0.350. The van der Waals surface area contributed by atoms with Gasteiger partial charge in [0.05, 0.1) is 0 Å². The summed E-state index contributed by atoms with van der Waals surface area (Å²) in [4.78, 5) is 0. The van der Waals surface area contributed by atoms with Crippen molar-refractivity contribution in [2.24, 2.45) is 11.8 Å². The van der Waals surface area contributed by atoms with Crippen molar-refractivity contribution in [3.63, 3.8) is 0 Å². The highest BCUT2D eigenvalue weighted by Gasteiger charge is 2.38. The Morgan fingerprint density at radius 1 is 1.25 bits per heavy atom. The third-order valence-electron chi connectivity index (χ3n) is 3.67. The minimum absolute atomic E-state index is 0.898. The van der Waals surface area contributed by atoms with Crippen LogP contribution in [0.1, 0.15) is 45.4 Å². The first-order valence-electron chi connectivity index (χ1n) is 5.63. The van der Waals surface area contributed by atoms with E-state index in [1.165, 1.54) is 45.1 Å². The van der Waals surface area contributed by atoms with Gasteiger partial charge in [0.15, 0.2) is 0 Å². The van der Waals surface area contributed by atoms with Crippen molar-refractivity contribution >= 4 is 0 Å². The number of hydrogen-bond acceptors (Lipinski definition) is 1. The van der Waals surface area contributed by atoms with Crippen LogP contribution < -0.4 is 5.32 Å². The summed E-state index contributed by atoms with van der Waals surface area (Å²) in [6.07, 6.45) is 8.73. The largest absolute Gasteiger partial charge is 0.314 e. The average molecular weight is 167 g/mol. The van der Waals surface area contributed by atoms with Crippen LogP contribution in [0.3, 0.4) is 0 Å². The van der Waals surface area contributed by atoms with Gasteiger partial charge in [-0.2, -0.15) is 0 Å². The molecule has 2 aliphatic rings. The predicted molar refractivity (Wildman–Crippen MR) is 52.1 cm³/mol. The third-order valence-corrected chi connectivity index (χ3v) is 3.67. The summed E-state index contributed by atoms with van der Waals surface area (Å²) in [5.74, 6) is 2.14. The molecule has 0 radical (unpaired) electrons. The van der Waals surface area contributed by atoms with E-state index in [9.17, 15) is 0 Å². The normalized spacial score (nSPS) is 39.2. The molecule has 0 amide bonds. The molecule has 0 aliphatic heterocycles. The standard InChI is InChI=1S/C11H21N/c1-2-3-6-12-11-8-9-4-5-10(11)7-9/h9-12H,2-8H2,1H3. The van der Waals surface area contributed by atoms with Crippen molar-refractivity contribution in [2.75, 3.05) is 6.54 Å².